The van der Waals surface area contributed by atoms with Crippen molar-refractivity contribution >= 4 is 11.6 Å². The number of fused-ring (bicyclic) bond motifs is 1. The molecule has 4 rings (SSSR count). The van der Waals surface area contributed by atoms with Gasteiger partial charge in [-0.05, 0) is 30.3 Å². The first-order chi connectivity index (χ1) is 11.7. The summed E-state index contributed by atoms with van der Waals surface area (Å²) in [4.78, 5) is 12.5. The molecule has 0 spiro atoms. The number of carbonyl (C=O) groups excluding carboxylic acids is 1. The minimum Gasteiger partial charge on any atom is -0.492 e. The first kappa shape index (κ1) is 14.4. The van der Waals surface area contributed by atoms with Crippen LogP contribution < -0.4 is 10.1 Å². The number of aromatic nitrogens is 3. The van der Waals surface area contributed by atoms with Crippen molar-refractivity contribution in [3.8, 4) is 17.1 Å². The van der Waals surface area contributed by atoms with Crippen LogP contribution in [0.4, 0.5) is 5.69 Å². The van der Waals surface area contributed by atoms with Gasteiger partial charge in [-0.3, -0.25) is 4.79 Å². The number of nitrogens with one attached hydrogen (secondary N) is 1. The number of hydrogen-bond acceptors (Lipinski definition) is 4. The van der Waals surface area contributed by atoms with E-state index in [0.29, 0.717) is 6.61 Å². The maximum absolute atomic E-state index is 12.5. The molecule has 1 unspecified atom stereocenters. The second-order valence-corrected chi connectivity index (χ2v) is 5.73. The Bertz CT molecular complexity index is 886. The van der Waals surface area contributed by atoms with E-state index in [-0.39, 0.29) is 11.8 Å². The smallest absolute Gasteiger partial charge is 0.235 e. The summed E-state index contributed by atoms with van der Waals surface area (Å²) in [5, 5.41) is 10.9. The molecule has 1 N–H and O–H groups in total. The average Bonchev–Trinajstić information content (AvgIpc) is 3.22. The molecule has 6 nitrogen and oxygen atoms in total. The summed E-state index contributed by atoms with van der Waals surface area (Å²) in [6.45, 7) is 0.377. The van der Waals surface area contributed by atoms with Crippen molar-refractivity contribution < 1.29 is 9.53 Å². The Kier molecular flexibility index (Phi) is 3.49. The lowest BCUT2D eigenvalue weighted by Crippen LogP contribution is -2.22. The van der Waals surface area contributed by atoms with E-state index in [4.69, 9.17) is 4.74 Å². The molecule has 0 fully saturated rings. The second-order valence-electron chi connectivity index (χ2n) is 5.73. The number of ether oxygens (including phenoxy) is 1. The second kappa shape index (κ2) is 5.81. The largest absolute Gasteiger partial charge is 0.492 e. The molecule has 0 saturated heterocycles. The molecule has 0 radical (unpaired) electrons. The van der Waals surface area contributed by atoms with Crippen LogP contribution in [0.1, 0.15) is 11.5 Å². The van der Waals surface area contributed by atoms with E-state index in [2.05, 4.69) is 15.5 Å². The van der Waals surface area contributed by atoms with Gasteiger partial charge < -0.3 is 14.6 Å². The van der Waals surface area contributed by atoms with Crippen LogP contribution in [-0.4, -0.2) is 27.3 Å². The number of rotatable bonds is 3. The van der Waals surface area contributed by atoms with E-state index in [1.165, 1.54) is 0 Å². The number of benzene rings is 2. The molecule has 0 saturated carbocycles. The van der Waals surface area contributed by atoms with E-state index in [9.17, 15) is 4.79 Å². The van der Waals surface area contributed by atoms with Crippen molar-refractivity contribution in [2.75, 3.05) is 11.9 Å². The normalized spacial score (nSPS) is 15.6. The first-order valence-electron chi connectivity index (χ1n) is 7.69. The zero-order valence-electron chi connectivity index (χ0n) is 13.1. The number of amides is 1. The topological polar surface area (TPSA) is 69.0 Å². The molecule has 1 amide bonds. The van der Waals surface area contributed by atoms with Gasteiger partial charge in [-0.1, -0.05) is 18.2 Å². The van der Waals surface area contributed by atoms with Gasteiger partial charge in [-0.2, -0.15) is 0 Å². The number of anilines is 1. The predicted molar refractivity (Wildman–Crippen MR) is 89.7 cm³/mol. The van der Waals surface area contributed by atoms with Crippen molar-refractivity contribution in [2.24, 2.45) is 7.05 Å². The zero-order chi connectivity index (χ0) is 16.5. The molecular formula is C18H16N4O2. The van der Waals surface area contributed by atoms with Crippen molar-refractivity contribution in [1.29, 1.82) is 0 Å². The maximum atomic E-state index is 12.5. The van der Waals surface area contributed by atoms with Crippen molar-refractivity contribution in [3.05, 3.63) is 60.4 Å². The number of aryl methyl sites for hydroxylation is 1. The van der Waals surface area contributed by atoms with Gasteiger partial charge in [0.2, 0.25) is 5.91 Å². The summed E-state index contributed by atoms with van der Waals surface area (Å²) in [7, 11) is 1.89. The number of carbonyl (C=O) groups is 1. The quantitative estimate of drug-likeness (QED) is 0.805. The summed E-state index contributed by atoms with van der Waals surface area (Å²) < 4.78 is 7.42. The molecule has 24 heavy (non-hydrogen) atoms. The molecule has 1 aliphatic rings. The fourth-order valence-electron chi connectivity index (χ4n) is 2.86. The van der Waals surface area contributed by atoms with Crippen LogP contribution in [0.5, 0.6) is 5.75 Å². The Morgan fingerprint density at radius 2 is 2.00 bits per heavy atom. The SMILES string of the molecule is Cn1cnnc1-c1ccc(NC(=O)C2COc3ccccc32)cc1. The fraction of sp³-hybridized carbons (Fsp3) is 0.167. The van der Waals surface area contributed by atoms with E-state index in [1.54, 1.807) is 6.33 Å². The van der Waals surface area contributed by atoms with Gasteiger partial charge in [0.15, 0.2) is 5.82 Å². The lowest BCUT2D eigenvalue weighted by molar-refractivity contribution is -0.117. The van der Waals surface area contributed by atoms with E-state index in [0.717, 1.165) is 28.4 Å². The summed E-state index contributed by atoms with van der Waals surface area (Å²) in [6, 6.07) is 15.2. The molecule has 120 valence electrons. The Balaban J connectivity index is 1.50. The summed E-state index contributed by atoms with van der Waals surface area (Å²) in [5.41, 5.74) is 2.63. The maximum Gasteiger partial charge on any atom is 0.235 e. The fourth-order valence-corrected chi connectivity index (χ4v) is 2.86. The van der Waals surface area contributed by atoms with E-state index in [1.807, 2.05) is 60.1 Å². The lowest BCUT2D eigenvalue weighted by Gasteiger charge is -2.10. The van der Waals surface area contributed by atoms with Gasteiger partial charge in [-0.25, -0.2) is 0 Å². The molecular weight excluding hydrogens is 304 g/mol. The van der Waals surface area contributed by atoms with Gasteiger partial charge >= 0.3 is 0 Å². The third-order valence-electron chi connectivity index (χ3n) is 4.14. The van der Waals surface area contributed by atoms with Crippen LogP contribution in [0.2, 0.25) is 0 Å². The van der Waals surface area contributed by atoms with Crippen LogP contribution in [0.3, 0.4) is 0 Å². The summed E-state index contributed by atoms with van der Waals surface area (Å²) in [6.07, 6.45) is 1.66. The summed E-state index contributed by atoms with van der Waals surface area (Å²) in [5.74, 6) is 1.23. The Hall–Kier alpha value is -3.15. The lowest BCUT2D eigenvalue weighted by atomic mass is 10.0. The molecule has 6 heteroatoms. The molecule has 1 atom stereocenters. The molecule has 1 aromatic heterocycles. The van der Waals surface area contributed by atoms with E-state index < -0.39 is 0 Å². The monoisotopic (exact) mass is 320 g/mol. The van der Waals surface area contributed by atoms with Crippen LogP contribution in [0.15, 0.2) is 54.9 Å². The Labute approximate surface area is 139 Å². The number of hydrogen-bond donors (Lipinski definition) is 1. The van der Waals surface area contributed by atoms with Gasteiger partial charge in [-0.15, -0.1) is 10.2 Å². The molecule has 1 aliphatic heterocycles. The molecule has 0 bridgehead atoms. The van der Waals surface area contributed by atoms with Crippen LogP contribution >= 0.6 is 0 Å². The highest BCUT2D eigenvalue weighted by Gasteiger charge is 2.29. The molecule has 3 aromatic rings. The van der Waals surface area contributed by atoms with Gasteiger partial charge in [0.05, 0.1) is 0 Å². The molecule has 2 heterocycles. The average molecular weight is 320 g/mol. The van der Waals surface area contributed by atoms with Gasteiger partial charge in [0.25, 0.3) is 0 Å². The van der Waals surface area contributed by atoms with Crippen molar-refractivity contribution in [1.82, 2.24) is 14.8 Å². The highest BCUT2D eigenvalue weighted by molar-refractivity contribution is 5.97. The molecule has 2 aromatic carbocycles. The van der Waals surface area contributed by atoms with Gasteiger partial charge in [0, 0.05) is 23.9 Å². The van der Waals surface area contributed by atoms with Crippen LogP contribution in [0, 0.1) is 0 Å². The first-order valence-corrected chi connectivity index (χ1v) is 7.69. The minimum atomic E-state index is -0.278. The molecule has 0 aliphatic carbocycles. The Morgan fingerprint density at radius 1 is 1.21 bits per heavy atom. The standard InChI is InChI=1S/C18H16N4O2/c1-22-11-19-21-17(22)12-6-8-13(9-7-12)20-18(23)15-10-24-16-5-3-2-4-14(15)16/h2-9,11,15H,10H2,1H3,(H,20,23). The minimum absolute atomic E-state index is 0.0636. The zero-order valence-corrected chi connectivity index (χ0v) is 13.1. The van der Waals surface area contributed by atoms with Crippen molar-refractivity contribution in [3.63, 3.8) is 0 Å². The van der Waals surface area contributed by atoms with Crippen LogP contribution in [0.25, 0.3) is 11.4 Å². The highest BCUT2D eigenvalue weighted by atomic mass is 16.5. The van der Waals surface area contributed by atoms with Gasteiger partial charge in [0.1, 0.15) is 24.6 Å². The van der Waals surface area contributed by atoms with Crippen LogP contribution in [-0.2, 0) is 11.8 Å². The highest BCUT2D eigenvalue weighted by Crippen LogP contribution is 2.34. The van der Waals surface area contributed by atoms with Crippen molar-refractivity contribution in [2.45, 2.75) is 5.92 Å². The Morgan fingerprint density at radius 3 is 2.75 bits per heavy atom. The van der Waals surface area contributed by atoms with E-state index >= 15 is 0 Å². The third-order valence-corrected chi connectivity index (χ3v) is 4.14. The third kappa shape index (κ3) is 2.52. The number of nitrogens with zero attached hydrogens (tertiary/aromatic N) is 3. The number of para-hydroxylation sites is 1. The predicted octanol–water partition coefficient (Wildman–Crippen LogP) is 2.60. The summed E-state index contributed by atoms with van der Waals surface area (Å²) >= 11 is 0.